The van der Waals surface area contributed by atoms with Gasteiger partial charge in [-0.15, -0.1) is 0 Å². The van der Waals surface area contributed by atoms with E-state index in [2.05, 4.69) is 0 Å². The Balaban J connectivity index is 2.33. The highest BCUT2D eigenvalue weighted by molar-refractivity contribution is 7.89. The van der Waals surface area contributed by atoms with E-state index in [4.69, 9.17) is 9.84 Å². The first kappa shape index (κ1) is 13.3. The number of nitrogens with zero attached hydrogens (tertiary/aromatic N) is 1. The lowest BCUT2D eigenvalue weighted by molar-refractivity contribution is 0.117. The Bertz CT molecular complexity index is 535. The molecule has 1 N–H and O–H groups in total. The van der Waals surface area contributed by atoms with Gasteiger partial charge >= 0.3 is 0 Å². The minimum Gasteiger partial charge on any atom is -0.495 e. The van der Waals surface area contributed by atoms with E-state index >= 15 is 0 Å². The maximum Gasteiger partial charge on any atom is 0.246 e. The first-order valence-electron chi connectivity index (χ1n) is 5.74. The third-order valence-corrected chi connectivity index (χ3v) is 4.97. The standard InChI is InChI=1S/C12H17NO4S/c1-9-3-4-11(17-2)12(5-9)18(15,16)13-6-10(7-13)8-14/h3-5,10,14H,6-8H2,1-2H3. The van der Waals surface area contributed by atoms with Crippen LogP contribution in [0.25, 0.3) is 0 Å². The average Bonchev–Trinajstić information content (AvgIpc) is 2.27. The molecule has 6 heteroatoms. The van der Waals surface area contributed by atoms with Crippen molar-refractivity contribution in [2.75, 3.05) is 26.8 Å². The first-order valence-corrected chi connectivity index (χ1v) is 7.18. The largest absolute Gasteiger partial charge is 0.495 e. The summed E-state index contributed by atoms with van der Waals surface area (Å²) in [5.41, 5.74) is 0.869. The third-order valence-electron chi connectivity index (χ3n) is 3.12. The van der Waals surface area contributed by atoms with Crippen molar-refractivity contribution >= 4 is 10.0 Å². The molecule has 100 valence electrons. The molecule has 1 aromatic rings. The number of hydrogen-bond donors (Lipinski definition) is 1. The molecule has 1 saturated heterocycles. The highest BCUT2D eigenvalue weighted by atomic mass is 32.2. The van der Waals surface area contributed by atoms with Gasteiger partial charge in [-0.3, -0.25) is 0 Å². The van der Waals surface area contributed by atoms with Gasteiger partial charge < -0.3 is 9.84 Å². The van der Waals surface area contributed by atoms with E-state index in [1.807, 2.05) is 13.0 Å². The Morgan fingerprint density at radius 1 is 1.44 bits per heavy atom. The monoisotopic (exact) mass is 271 g/mol. The van der Waals surface area contributed by atoms with Gasteiger partial charge in [0.15, 0.2) is 0 Å². The van der Waals surface area contributed by atoms with Gasteiger partial charge in [-0.2, -0.15) is 4.31 Å². The van der Waals surface area contributed by atoms with Crippen LogP contribution in [-0.4, -0.2) is 44.6 Å². The smallest absolute Gasteiger partial charge is 0.246 e. The van der Waals surface area contributed by atoms with E-state index in [-0.39, 0.29) is 17.4 Å². The third kappa shape index (κ3) is 2.23. The molecule has 0 atom stereocenters. The van der Waals surface area contributed by atoms with Gasteiger partial charge in [-0.25, -0.2) is 8.42 Å². The van der Waals surface area contributed by atoms with Gasteiger partial charge in [-0.05, 0) is 24.6 Å². The summed E-state index contributed by atoms with van der Waals surface area (Å²) in [5, 5.41) is 8.94. The summed E-state index contributed by atoms with van der Waals surface area (Å²) in [6.07, 6.45) is 0. The zero-order chi connectivity index (χ0) is 13.3. The van der Waals surface area contributed by atoms with Crippen molar-refractivity contribution in [3.63, 3.8) is 0 Å². The van der Waals surface area contributed by atoms with Crippen LogP contribution in [0.5, 0.6) is 5.75 Å². The fourth-order valence-corrected chi connectivity index (χ4v) is 3.79. The lowest BCUT2D eigenvalue weighted by Crippen LogP contribution is -2.51. The fraction of sp³-hybridized carbons (Fsp3) is 0.500. The zero-order valence-corrected chi connectivity index (χ0v) is 11.3. The van der Waals surface area contributed by atoms with Crippen LogP contribution in [0.3, 0.4) is 0 Å². The van der Waals surface area contributed by atoms with Gasteiger partial charge in [0.1, 0.15) is 10.6 Å². The maximum atomic E-state index is 12.4. The van der Waals surface area contributed by atoms with Crippen molar-refractivity contribution in [3.8, 4) is 5.75 Å². The second-order valence-electron chi connectivity index (χ2n) is 4.52. The number of aliphatic hydroxyl groups excluding tert-OH is 1. The SMILES string of the molecule is COc1ccc(C)cc1S(=O)(=O)N1CC(CO)C1. The lowest BCUT2D eigenvalue weighted by atomic mass is 10.1. The van der Waals surface area contributed by atoms with Crippen molar-refractivity contribution in [1.29, 1.82) is 0 Å². The van der Waals surface area contributed by atoms with Crippen LogP contribution in [0.15, 0.2) is 23.1 Å². The molecule has 1 fully saturated rings. The maximum absolute atomic E-state index is 12.4. The van der Waals surface area contributed by atoms with Crippen LogP contribution in [-0.2, 0) is 10.0 Å². The zero-order valence-electron chi connectivity index (χ0n) is 10.5. The number of sulfonamides is 1. The second kappa shape index (κ2) is 4.87. The number of aryl methyl sites for hydroxylation is 1. The predicted molar refractivity (Wildman–Crippen MR) is 67.1 cm³/mol. The molecule has 0 spiro atoms. The van der Waals surface area contributed by atoms with Gasteiger partial charge in [0, 0.05) is 25.6 Å². The quantitative estimate of drug-likeness (QED) is 0.871. The van der Waals surface area contributed by atoms with Crippen LogP contribution >= 0.6 is 0 Å². The van der Waals surface area contributed by atoms with E-state index in [1.165, 1.54) is 11.4 Å². The van der Waals surface area contributed by atoms with Gasteiger partial charge in [0.25, 0.3) is 0 Å². The van der Waals surface area contributed by atoms with Crippen molar-refractivity contribution in [3.05, 3.63) is 23.8 Å². The topological polar surface area (TPSA) is 66.8 Å². The minimum atomic E-state index is -3.51. The summed E-state index contributed by atoms with van der Waals surface area (Å²) in [6.45, 7) is 2.61. The van der Waals surface area contributed by atoms with Gasteiger partial charge in [0.2, 0.25) is 10.0 Å². The highest BCUT2D eigenvalue weighted by Gasteiger charge is 2.37. The van der Waals surface area contributed by atoms with Gasteiger partial charge in [-0.1, -0.05) is 6.07 Å². The summed E-state index contributed by atoms with van der Waals surface area (Å²) in [6, 6.07) is 5.08. The van der Waals surface area contributed by atoms with Crippen LogP contribution in [0.4, 0.5) is 0 Å². The summed E-state index contributed by atoms with van der Waals surface area (Å²) < 4.78 is 31.2. The molecule has 1 aliphatic rings. The average molecular weight is 271 g/mol. The van der Waals surface area contributed by atoms with Gasteiger partial charge in [0.05, 0.1) is 7.11 Å². The van der Waals surface area contributed by atoms with E-state index in [1.54, 1.807) is 12.1 Å². The van der Waals surface area contributed by atoms with E-state index in [0.717, 1.165) is 5.56 Å². The Morgan fingerprint density at radius 2 is 2.11 bits per heavy atom. The molecule has 18 heavy (non-hydrogen) atoms. The highest BCUT2D eigenvalue weighted by Crippen LogP contribution is 2.31. The Morgan fingerprint density at radius 3 is 2.67 bits per heavy atom. The predicted octanol–water partition coefficient (Wildman–Crippen LogP) is 0.616. The second-order valence-corrected chi connectivity index (χ2v) is 6.43. The number of ether oxygens (including phenoxy) is 1. The molecule has 0 bridgehead atoms. The van der Waals surface area contributed by atoms with E-state index in [0.29, 0.717) is 18.8 Å². The van der Waals surface area contributed by atoms with Crippen molar-refractivity contribution in [2.24, 2.45) is 5.92 Å². The van der Waals surface area contributed by atoms with Crippen molar-refractivity contribution in [1.82, 2.24) is 4.31 Å². The molecule has 2 rings (SSSR count). The van der Waals surface area contributed by atoms with Crippen LogP contribution in [0.1, 0.15) is 5.56 Å². The minimum absolute atomic E-state index is 0.0248. The van der Waals surface area contributed by atoms with Crippen LogP contribution < -0.4 is 4.74 Å². The number of hydrogen-bond acceptors (Lipinski definition) is 4. The number of aliphatic hydroxyl groups is 1. The molecule has 0 unspecified atom stereocenters. The molecule has 0 saturated carbocycles. The number of rotatable bonds is 4. The van der Waals surface area contributed by atoms with Crippen molar-refractivity contribution in [2.45, 2.75) is 11.8 Å². The molecular weight excluding hydrogens is 254 g/mol. The fourth-order valence-electron chi connectivity index (χ4n) is 1.96. The Labute approximate surface area is 107 Å². The Hall–Kier alpha value is -1.11. The molecule has 0 aliphatic carbocycles. The molecule has 0 radical (unpaired) electrons. The lowest BCUT2D eigenvalue weighted by Gasteiger charge is -2.37. The summed E-state index contributed by atoms with van der Waals surface area (Å²) >= 11 is 0. The first-order chi connectivity index (χ1) is 8.48. The van der Waals surface area contributed by atoms with E-state index < -0.39 is 10.0 Å². The van der Waals surface area contributed by atoms with E-state index in [9.17, 15) is 8.42 Å². The number of methoxy groups -OCH3 is 1. The molecule has 5 nitrogen and oxygen atoms in total. The molecule has 0 aromatic heterocycles. The molecule has 0 amide bonds. The summed E-state index contributed by atoms with van der Waals surface area (Å²) in [5.74, 6) is 0.406. The van der Waals surface area contributed by atoms with Crippen LogP contribution in [0.2, 0.25) is 0 Å². The Kier molecular flexibility index (Phi) is 3.61. The number of benzene rings is 1. The summed E-state index contributed by atoms with van der Waals surface area (Å²) in [7, 11) is -2.06. The molecule has 1 aliphatic heterocycles. The van der Waals surface area contributed by atoms with Crippen molar-refractivity contribution < 1.29 is 18.3 Å². The van der Waals surface area contributed by atoms with Crippen LogP contribution in [0, 0.1) is 12.8 Å². The molecule has 1 aromatic carbocycles. The normalized spacial score (nSPS) is 17.5. The molecular formula is C12H17NO4S. The summed E-state index contributed by atoms with van der Waals surface area (Å²) in [4.78, 5) is 0.196. The molecule has 1 heterocycles.